The van der Waals surface area contributed by atoms with Gasteiger partial charge >= 0.3 is 0 Å². The van der Waals surface area contributed by atoms with Crippen LogP contribution in [-0.4, -0.2) is 49.3 Å². The standard InChI is InChI=1S/C16H32N2O/c1-3-5-10-19-11-6-9-18-15-7-8-16(18)13-14(12-15)17-4-2/h14-17H,3-13H2,1-2H3. The molecule has 0 aromatic carbocycles. The monoisotopic (exact) mass is 268 g/mol. The molecular formula is C16H32N2O. The molecule has 112 valence electrons. The first-order valence-electron chi connectivity index (χ1n) is 8.42. The van der Waals surface area contributed by atoms with E-state index < -0.39 is 0 Å². The SMILES string of the molecule is CCCCOCCCN1C2CCC1CC(NCC)C2. The van der Waals surface area contributed by atoms with Crippen LogP contribution in [0.3, 0.4) is 0 Å². The van der Waals surface area contributed by atoms with E-state index in [0.717, 1.165) is 37.9 Å². The van der Waals surface area contributed by atoms with Crippen LogP contribution >= 0.6 is 0 Å². The zero-order valence-electron chi connectivity index (χ0n) is 12.9. The van der Waals surface area contributed by atoms with Crippen molar-refractivity contribution < 1.29 is 4.74 Å². The summed E-state index contributed by atoms with van der Waals surface area (Å²) >= 11 is 0. The van der Waals surface area contributed by atoms with Crippen LogP contribution < -0.4 is 5.32 Å². The van der Waals surface area contributed by atoms with Crippen LogP contribution in [-0.2, 0) is 4.74 Å². The fraction of sp³-hybridized carbons (Fsp3) is 1.00. The summed E-state index contributed by atoms with van der Waals surface area (Å²) in [5, 5.41) is 3.64. The highest BCUT2D eigenvalue weighted by Crippen LogP contribution is 2.35. The van der Waals surface area contributed by atoms with Gasteiger partial charge in [0.1, 0.15) is 0 Å². The number of unbranched alkanes of at least 4 members (excludes halogenated alkanes) is 1. The summed E-state index contributed by atoms with van der Waals surface area (Å²) in [5.41, 5.74) is 0. The zero-order chi connectivity index (χ0) is 13.5. The first kappa shape index (κ1) is 15.3. The molecule has 3 heteroatoms. The number of rotatable bonds is 9. The van der Waals surface area contributed by atoms with E-state index in [-0.39, 0.29) is 0 Å². The molecule has 0 amide bonds. The minimum Gasteiger partial charge on any atom is -0.381 e. The number of nitrogens with zero attached hydrogens (tertiary/aromatic N) is 1. The largest absolute Gasteiger partial charge is 0.381 e. The van der Waals surface area contributed by atoms with Gasteiger partial charge in [0, 0.05) is 37.9 Å². The van der Waals surface area contributed by atoms with Crippen LogP contribution in [0.5, 0.6) is 0 Å². The summed E-state index contributed by atoms with van der Waals surface area (Å²) in [4.78, 5) is 2.77. The van der Waals surface area contributed by atoms with Crippen molar-refractivity contribution >= 4 is 0 Å². The lowest BCUT2D eigenvalue weighted by atomic mass is 9.97. The van der Waals surface area contributed by atoms with Gasteiger partial charge in [-0.05, 0) is 45.1 Å². The molecule has 1 N–H and O–H groups in total. The van der Waals surface area contributed by atoms with Gasteiger partial charge in [0.2, 0.25) is 0 Å². The molecular weight excluding hydrogens is 236 g/mol. The zero-order valence-corrected chi connectivity index (χ0v) is 12.9. The van der Waals surface area contributed by atoms with Gasteiger partial charge in [0.05, 0.1) is 0 Å². The van der Waals surface area contributed by atoms with Gasteiger partial charge in [-0.25, -0.2) is 0 Å². The Hall–Kier alpha value is -0.120. The Balaban J connectivity index is 1.63. The van der Waals surface area contributed by atoms with E-state index in [4.69, 9.17) is 4.74 Å². The van der Waals surface area contributed by atoms with Crippen LogP contribution in [0.25, 0.3) is 0 Å². The molecule has 0 saturated carbocycles. The molecule has 2 atom stereocenters. The number of nitrogens with one attached hydrogen (secondary N) is 1. The molecule has 0 aliphatic carbocycles. The Morgan fingerprint density at radius 3 is 2.37 bits per heavy atom. The van der Waals surface area contributed by atoms with E-state index >= 15 is 0 Å². The number of hydrogen-bond acceptors (Lipinski definition) is 3. The summed E-state index contributed by atoms with van der Waals surface area (Å²) in [5.74, 6) is 0. The lowest BCUT2D eigenvalue weighted by molar-refractivity contribution is 0.0849. The van der Waals surface area contributed by atoms with E-state index in [1.165, 1.54) is 51.5 Å². The number of piperidine rings is 1. The van der Waals surface area contributed by atoms with E-state index in [2.05, 4.69) is 24.1 Å². The van der Waals surface area contributed by atoms with Crippen molar-refractivity contribution in [2.24, 2.45) is 0 Å². The number of fused-ring (bicyclic) bond motifs is 2. The average molecular weight is 268 g/mol. The van der Waals surface area contributed by atoms with Crippen LogP contribution in [0.2, 0.25) is 0 Å². The van der Waals surface area contributed by atoms with Gasteiger partial charge in [-0.1, -0.05) is 20.3 Å². The van der Waals surface area contributed by atoms with E-state index in [1.54, 1.807) is 0 Å². The summed E-state index contributed by atoms with van der Waals surface area (Å²) in [6, 6.07) is 2.47. The van der Waals surface area contributed by atoms with Crippen molar-refractivity contribution in [3.63, 3.8) is 0 Å². The highest BCUT2D eigenvalue weighted by molar-refractivity contribution is 4.97. The second kappa shape index (κ2) is 8.23. The molecule has 2 bridgehead atoms. The molecule has 3 nitrogen and oxygen atoms in total. The minimum absolute atomic E-state index is 0.777. The molecule has 2 heterocycles. The Morgan fingerprint density at radius 2 is 1.74 bits per heavy atom. The van der Waals surface area contributed by atoms with Crippen LogP contribution in [0.4, 0.5) is 0 Å². The molecule has 2 rings (SSSR count). The maximum Gasteiger partial charge on any atom is 0.0478 e. The molecule has 0 aromatic heterocycles. The Kier molecular flexibility index (Phi) is 6.62. The summed E-state index contributed by atoms with van der Waals surface area (Å²) < 4.78 is 5.68. The van der Waals surface area contributed by atoms with Gasteiger partial charge in [0.25, 0.3) is 0 Å². The maximum atomic E-state index is 5.68. The Labute approximate surface area is 119 Å². The van der Waals surface area contributed by atoms with Crippen LogP contribution in [0, 0.1) is 0 Å². The average Bonchev–Trinajstić information content (AvgIpc) is 2.65. The summed E-state index contributed by atoms with van der Waals surface area (Å²) in [6.07, 6.45) is 9.22. The molecule has 2 fully saturated rings. The second-order valence-electron chi connectivity index (χ2n) is 6.17. The van der Waals surface area contributed by atoms with Crippen molar-refractivity contribution in [3.8, 4) is 0 Å². The van der Waals surface area contributed by atoms with Gasteiger partial charge < -0.3 is 10.1 Å². The topological polar surface area (TPSA) is 24.5 Å². The molecule has 0 radical (unpaired) electrons. The maximum absolute atomic E-state index is 5.68. The summed E-state index contributed by atoms with van der Waals surface area (Å²) in [6.45, 7) is 8.71. The van der Waals surface area contributed by atoms with E-state index in [9.17, 15) is 0 Å². The lowest BCUT2D eigenvalue weighted by Crippen LogP contribution is -2.49. The quantitative estimate of drug-likeness (QED) is 0.651. The molecule has 2 saturated heterocycles. The fourth-order valence-corrected chi connectivity index (χ4v) is 3.79. The van der Waals surface area contributed by atoms with Gasteiger partial charge in [-0.15, -0.1) is 0 Å². The Morgan fingerprint density at radius 1 is 1.05 bits per heavy atom. The molecule has 2 unspecified atom stereocenters. The third kappa shape index (κ3) is 4.44. The van der Waals surface area contributed by atoms with Crippen molar-refractivity contribution in [1.29, 1.82) is 0 Å². The Bertz CT molecular complexity index is 233. The van der Waals surface area contributed by atoms with E-state index in [0.29, 0.717) is 0 Å². The third-order valence-electron chi connectivity index (χ3n) is 4.72. The molecule has 0 aromatic rings. The molecule has 2 aliphatic heterocycles. The first-order valence-corrected chi connectivity index (χ1v) is 8.42. The lowest BCUT2D eigenvalue weighted by Gasteiger charge is -2.39. The first-order chi connectivity index (χ1) is 9.35. The van der Waals surface area contributed by atoms with Crippen LogP contribution in [0.1, 0.15) is 58.8 Å². The van der Waals surface area contributed by atoms with Gasteiger partial charge in [0.15, 0.2) is 0 Å². The highest BCUT2D eigenvalue weighted by Gasteiger charge is 2.39. The van der Waals surface area contributed by atoms with Crippen molar-refractivity contribution in [2.75, 3.05) is 26.3 Å². The number of hydrogen-bond donors (Lipinski definition) is 1. The van der Waals surface area contributed by atoms with Crippen molar-refractivity contribution in [2.45, 2.75) is 76.9 Å². The minimum atomic E-state index is 0.777. The van der Waals surface area contributed by atoms with Crippen LogP contribution in [0.15, 0.2) is 0 Å². The molecule has 0 spiro atoms. The predicted octanol–water partition coefficient (Wildman–Crippen LogP) is 2.80. The highest BCUT2D eigenvalue weighted by atomic mass is 16.5. The van der Waals surface area contributed by atoms with Crippen molar-refractivity contribution in [3.05, 3.63) is 0 Å². The fourth-order valence-electron chi connectivity index (χ4n) is 3.79. The predicted molar refractivity (Wildman–Crippen MR) is 80.6 cm³/mol. The van der Waals surface area contributed by atoms with Gasteiger partial charge in [-0.3, -0.25) is 4.90 Å². The summed E-state index contributed by atoms with van der Waals surface area (Å²) in [7, 11) is 0. The normalized spacial score (nSPS) is 30.9. The van der Waals surface area contributed by atoms with E-state index in [1.807, 2.05) is 0 Å². The second-order valence-corrected chi connectivity index (χ2v) is 6.17. The third-order valence-corrected chi connectivity index (χ3v) is 4.72. The number of ether oxygens (including phenoxy) is 1. The molecule has 19 heavy (non-hydrogen) atoms. The smallest absolute Gasteiger partial charge is 0.0478 e. The van der Waals surface area contributed by atoms with Crippen molar-refractivity contribution in [1.82, 2.24) is 10.2 Å². The molecule has 2 aliphatic rings. The van der Waals surface area contributed by atoms with Gasteiger partial charge in [-0.2, -0.15) is 0 Å².